The van der Waals surface area contributed by atoms with Gasteiger partial charge in [-0.25, -0.2) is 0 Å². The van der Waals surface area contributed by atoms with Crippen molar-refractivity contribution in [2.24, 2.45) is 10.3 Å². The minimum Gasteiger partial charge on any atom is -0.199 e. The number of para-hydroxylation sites is 1. The molecule has 3 rings (SSSR count). The van der Waals surface area contributed by atoms with Crippen molar-refractivity contribution in [2.45, 2.75) is 4.90 Å². The van der Waals surface area contributed by atoms with Crippen LogP contribution in [0.15, 0.2) is 69.8 Å². The highest BCUT2D eigenvalue weighted by molar-refractivity contribution is 7.93. The molecule has 0 aromatic heterocycles. The fraction of sp³-hybridized carbons (Fsp3) is 0. The molecule has 0 spiro atoms. The predicted molar refractivity (Wildman–Crippen MR) is 67.1 cm³/mol. The normalized spacial score (nSPS) is 16.3. The third-order valence-electron chi connectivity index (χ3n) is 2.58. The number of anilines is 1. The van der Waals surface area contributed by atoms with E-state index < -0.39 is 10.0 Å². The first-order valence-electron chi connectivity index (χ1n) is 5.31. The van der Waals surface area contributed by atoms with Gasteiger partial charge < -0.3 is 0 Å². The van der Waals surface area contributed by atoms with Gasteiger partial charge >= 0.3 is 0 Å². The van der Waals surface area contributed by atoms with Crippen LogP contribution in [-0.4, -0.2) is 8.42 Å². The van der Waals surface area contributed by atoms with Crippen LogP contribution < -0.4 is 4.41 Å². The number of benzene rings is 2. The van der Waals surface area contributed by atoms with Gasteiger partial charge in [0.15, 0.2) is 0 Å². The van der Waals surface area contributed by atoms with Crippen molar-refractivity contribution in [3.8, 4) is 0 Å². The first-order valence-corrected chi connectivity index (χ1v) is 6.75. The largest absolute Gasteiger partial charge is 0.287 e. The van der Waals surface area contributed by atoms with E-state index in [-0.39, 0.29) is 4.90 Å². The van der Waals surface area contributed by atoms with Gasteiger partial charge in [0.1, 0.15) is 10.6 Å². The van der Waals surface area contributed by atoms with E-state index >= 15 is 0 Å². The molecular weight excluding hydrogens is 250 g/mol. The Morgan fingerprint density at radius 1 is 0.889 bits per heavy atom. The van der Waals surface area contributed by atoms with Crippen LogP contribution in [0.25, 0.3) is 0 Å². The maximum atomic E-state index is 12.4. The molecule has 18 heavy (non-hydrogen) atoms. The summed E-state index contributed by atoms with van der Waals surface area (Å²) in [7, 11) is -3.66. The van der Waals surface area contributed by atoms with Gasteiger partial charge in [0.2, 0.25) is 0 Å². The highest BCUT2D eigenvalue weighted by atomic mass is 32.2. The second kappa shape index (κ2) is 3.92. The molecule has 2 aromatic carbocycles. The first-order chi connectivity index (χ1) is 8.69. The lowest BCUT2D eigenvalue weighted by Crippen LogP contribution is -2.27. The summed E-state index contributed by atoms with van der Waals surface area (Å²) in [5.74, 6) is 0. The highest BCUT2D eigenvalue weighted by Crippen LogP contribution is 2.34. The van der Waals surface area contributed by atoms with Crippen molar-refractivity contribution < 1.29 is 8.42 Å². The molecule has 1 aliphatic heterocycles. The van der Waals surface area contributed by atoms with Crippen molar-refractivity contribution in [3.63, 3.8) is 0 Å². The van der Waals surface area contributed by atoms with Crippen molar-refractivity contribution in [1.82, 2.24) is 0 Å². The maximum absolute atomic E-state index is 12.4. The van der Waals surface area contributed by atoms with Gasteiger partial charge in [-0.15, -0.1) is 9.53 Å². The summed E-state index contributed by atoms with van der Waals surface area (Å²) in [6.07, 6.45) is 0. The van der Waals surface area contributed by atoms with E-state index in [0.29, 0.717) is 11.4 Å². The minimum absolute atomic E-state index is 0.170. The Kier molecular flexibility index (Phi) is 2.38. The Morgan fingerprint density at radius 3 is 2.33 bits per heavy atom. The van der Waals surface area contributed by atoms with E-state index in [9.17, 15) is 8.42 Å². The summed E-state index contributed by atoms with van der Waals surface area (Å²) in [5.41, 5.74) is 0.834. The van der Waals surface area contributed by atoms with E-state index in [1.807, 2.05) is 6.07 Å². The zero-order chi connectivity index (χ0) is 12.6. The van der Waals surface area contributed by atoms with Crippen molar-refractivity contribution in [3.05, 3.63) is 54.6 Å². The first kappa shape index (κ1) is 10.9. The van der Waals surface area contributed by atoms with Crippen LogP contribution >= 0.6 is 0 Å². The molecule has 0 amide bonds. The van der Waals surface area contributed by atoms with E-state index in [1.165, 1.54) is 6.07 Å². The molecule has 0 N–H and O–H groups in total. The van der Waals surface area contributed by atoms with Gasteiger partial charge in [0, 0.05) is 0 Å². The molecule has 1 aliphatic rings. The molecule has 0 fully saturated rings. The smallest absolute Gasteiger partial charge is 0.199 e. The molecular formula is C12H9N3O2S. The standard InChI is InChI=1S/C12H9N3O2S/c16-18(17)12-9-5-4-8-11(12)13-14-15(18)10-6-2-1-3-7-10/h1-9H. The van der Waals surface area contributed by atoms with Crippen molar-refractivity contribution >= 4 is 21.4 Å². The number of nitrogens with zero attached hydrogens (tertiary/aromatic N) is 3. The molecule has 0 radical (unpaired) electrons. The quantitative estimate of drug-likeness (QED) is 0.790. The van der Waals surface area contributed by atoms with Crippen LogP contribution in [0.5, 0.6) is 0 Å². The predicted octanol–water partition coefficient (Wildman–Crippen LogP) is 2.89. The number of sulfonamides is 1. The monoisotopic (exact) mass is 259 g/mol. The van der Waals surface area contributed by atoms with Crippen molar-refractivity contribution in [1.29, 1.82) is 0 Å². The second-order valence-corrected chi connectivity index (χ2v) is 5.48. The molecule has 1 heterocycles. The molecule has 2 aromatic rings. The summed E-state index contributed by atoms with van der Waals surface area (Å²) in [6, 6.07) is 15.2. The summed E-state index contributed by atoms with van der Waals surface area (Å²) in [6.45, 7) is 0. The maximum Gasteiger partial charge on any atom is 0.287 e. The van der Waals surface area contributed by atoms with Gasteiger partial charge in [-0.1, -0.05) is 35.6 Å². The average molecular weight is 259 g/mol. The molecule has 5 nitrogen and oxygen atoms in total. The van der Waals surface area contributed by atoms with Gasteiger partial charge in [0.25, 0.3) is 10.0 Å². The van der Waals surface area contributed by atoms with E-state index in [4.69, 9.17) is 0 Å². The summed E-state index contributed by atoms with van der Waals surface area (Å²) < 4.78 is 25.7. The van der Waals surface area contributed by atoms with Crippen LogP contribution in [0.3, 0.4) is 0 Å². The molecule has 0 saturated carbocycles. The third-order valence-corrected chi connectivity index (χ3v) is 4.22. The third kappa shape index (κ3) is 1.58. The fourth-order valence-corrected chi connectivity index (χ4v) is 3.08. The summed E-state index contributed by atoms with van der Waals surface area (Å²) >= 11 is 0. The van der Waals surface area contributed by atoms with Gasteiger partial charge in [0.05, 0.1) is 5.69 Å². The number of rotatable bonds is 1. The molecule has 0 unspecified atom stereocenters. The number of hydrogen-bond acceptors (Lipinski definition) is 4. The lowest BCUT2D eigenvalue weighted by Gasteiger charge is -2.21. The Morgan fingerprint density at radius 2 is 1.56 bits per heavy atom. The Hall–Kier alpha value is -2.21. The lowest BCUT2D eigenvalue weighted by molar-refractivity contribution is 0.588. The average Bonchev–Trinajstić information content (AvgIpc) is 2.40. The van der Waals surface area contributed by atoms with Crippen LogP contribution in [0, 0.1) is 0 Å². The summed E-state index contributed by atoms with van der Waals surface area (Å²) in [4.78, 5) is 0.170. The van der Waals surface area contributed by atoms with Gasteiger partial charge in [-0.2, -0.15) is 8.42 Å². The Labute approximate surface area is 104 Å². The van der Waals surface area contributed by atoms with E-state index in [2.05, 4.69) is 10.3 Å². The zero-order valence-corrected chi connectivity index (χ0v) is 10.1. The van der Waals surface area contributed by atoms with E-state index in [1.54, 1.807) is 42.5 Å². The van der Waals surface area contributed by atoms with E-state index in [0.717, 1.165) is 4.41 Å². The Bertz CT molecular complexity index is 711. The van der Waals surface area contributed by atoms with Crippen LogP contribution in [0.1, 0.15) is 0 Å². The minimum atomic E-state index is -3.66. The molecule has 90 valence electrons. The van der Waals surface area contributed by atoms with Gasteiger partial charge in [-0.3, -0.25) is 0 Å². The Balaban J connectivity index is 2.18. The molecule has 0 aliphatic carbocycles. The van der Waals surface area contributed by atoms with Gasteiger partial charge in [-0.05, 0) is 24.3 Å². The topological polar surface area (TPSA) is 62.1 Å². The molecule has 0 atom stereocenters. The molecule has 6 heteroatoms. The lowest BCUT2D eigenvalue weighted by atomic mass is 10.3. The highest BCUT2D eigenvalue weighted by Gasteiger charge is 2.30. The zero-order valence-electron chi connectivity index (χ0n) is 9.26. The van der Waals surface area contributed by atoms with Crippen LogP contribution in [0.4, 0.5) is 11.4 Å². The van der Waals surface area contributed by atoms with Crippen LogP contribution in [-0.2, 0) is 10.0 Å². The van der Waals surface area contributed by atoms with Crippen molar-refractivity contribution in [2.75, 3.05) is 4.41 Å². The number of fused-ring (bicyclic) bond motifs is 1. The number of hydrogen-bond donors (Lipinski definition) is 0. The fourth-order valence-electron chi connectivity index (χ4n) is 1.73. The molecule has 0 saturated heterocycles. The molecule has 0 bridgehead atoms. The second-order valence-electron chi connectivity index (χ2n) is 3.74. The van der Waals surface area contributed by atoms with Crippen LogP contribution in [0.2, 0.25) is 0 Å². The SMILES string of the molecule is O=S1(=O)c2ccccc2N=NN1c1ccccc1. The summed E-state index contributed by atoms with van der Waals surface area (Å²) in [5, 5.41) is 7.68.